The number of halogens is 3. The highest BCUT2D eigenvalue weighted by atomic mass is 19.2. The number of rotatable bonds is 1. The van der Waals surface area contributed by atoms with Crippen LogP contribution in [0.1, 0.15) is 32.3 Å². The molecule has 108 valence electrons. The summed E-state index contributed by atoms with van der Waals surface area (Å²) in [4.78, 5) is 2.10. The summed E-state index contributed by atoms with van der Waals surface area (Å²) in [5, 5.41) is 9.24. The van der Waals surface area contributed by atoms with Gasteiger partial charge >= 0.3 is 0 Å². The van der Waals surface area contributed by atoms with E-state index >= 15 is 0 Å². The highest BCUT2D eigenvalue weighted by molar-refractivity contribution is 5.27. The molecule has 0 N–H and O–H groups in total. The van der Waals surface area contributed by atoms with E-state index in [1.807, 2.05) is 20.8 Å². The molecule has 2 nitrogen and oxygen atoms in total. The number of hydrogen-bond acceptors (Lipinski definition) is 2. The van der Waals surface area contributed by atoms with Crippen molar-refractivity contribution < 1.29 is 13.2 Å². The van der Waals surface area contributed by atoms with Crippen LogP contribution < -0.4 is 0 Å². The number of hydrogen-bond donors (Lipinski definition) is 0. The molecule has 1 heterocycles. The van der Waals surface area contributed by atoms with E-state index in [2.05, 4.69) is 11.0 Å². The van der Waals surface area contributed by atoms with E-state index in [-0.39, 0.29) is 17.4 Å². The monoisotopic (exact) mass is 282 g/mol. The van der Waals surface area contributed by atoms with E-state index in [4.69, 9.17) is 0 Å². The Hall–Kier alpha value is -1.54. The highest BCUT2D eigenvalue weighted by Gasteiger charge is 2.39. The fourth-order valence-electron chi connectivity index (χ4n) is 2.61. The molecule has 0 spiro atoms. The minimum absolute atomic E-state index is 0.124. The van der Waals surface area contributed by atoms with Gasteiger partial charge in [-0.3, -0.25) is 4.90 Å². The molecular formula is C15H17F3N2. The zero-order chi connectivity index (χ0) is 15.1. The Balaban J connectivity index is 2.35. The molecule has 0 bridgehead atoms. The molecule has 1 fully saturated rings. The van der Waals surface area contributed by atoms with E-state index in [9.17, 15) is 18.4 Å². The van der Waals surface area contributed by atoms with Crippen molar-refractivity contribution in [3.63, 3.8) is 0 Å². The molecule has 1 saturated heterocycles. The summed E-state index contributed by atoms with van der Waals surface area (Å²) in [6.07, 6.45) is 0. The fraction of sp³-hybridized carbons (Fsp3) is 0.533. The maximum Gasteiger partial charge on any atom is 0.194 e. The Morgan fingerprint density at radius 1 is 1.15 bits per heavy atom. The third-order valence-electron chi connectivity index (χ3n) is 3.87. The predicted octanol–water partition coefficient (Wildman–Crippen LogP) is 3.44. The first kappa shape index (κ1) is 14.9. The molecule has 2 rings (SSSR count). The first-order chi connectivity index (χ1) is 9.24. The van der Waals surface area contributed by atoms with Gasteiger partial charge in [0.2, 0.25) is 0 Å². The zero-order valence-electron chi connectivity index (χ0n) is 11.8. The number of likely N-dealkylation sites (tertiary alicyclic amines) is 1. The average Bonchev–Trinajstić information content (AvgIpc) is 2.79. The maximum atomic E-state index is 13.3. The molecule has 2 atom stereocenters. The second kappa shape index (κ2) is 5.10. The SMILES string of the molecule is CC(C)(C)N1C[C@H](c2cc(F)c(F)c(F)c2)[C@@H](C#N)C1. The Kier molecular flexibility index (Phi) is 3.79. The number of nitrogens with zero attached hydrogens (tertiary/aromatic N) is 2. The number of nitriles is 1. The van der Waals surface area contributed by atoms with Crippen molar-refractivity contribution in [3.05, 3.63) is 35.1 Å². The molecule has 20 heavy (non-hydrogen) atoms. The Labute approximate surface area is 116 Å². The van der Waals surface area contributed by atoms with E-state index in [0.717, 1.165) is 12.1 Å². The van der Waals surface area contributed by atoms with Crippen LogP contribution in [-0.2, 0) is 0 Å². The van der Waals surface area contributed by atoms with Gasteiger partial charge in [0.05, 0.1) is 12.0 Å². The molecule has 0 aromatic heterocycles. The third kappa shape index (κ3) is 2.66. The smallest absolute Gasteiger partial charge is 0.194 e. The fourth-order valence-corrected chi connectivity index (χ4v) is 2.61. The maximum absolute atomic E-state index is 13.3. The van der Waals surface area contributed by atoms with Gasteiger partial charge in [0.25, 0.3) is 0 Å². The van der Waals surface area contributed by atoms with Crippen LogP contribution in [0, 0.1) is 34.7 Å². The third-order valence-corrected chi connectivity index (χ3v) is 3.87. The van der Waals surface area contributed by atoms with Crippen molar-refractivity contribution in [2.75, 3.05) is 13.1 Å². The van der Waals surface area contributed by atoms with Crippen LogP contribution in [0.3, 0.4) is 0 Å². The van der Waals surface area contributed by atoms with Crippen molar-refractivity contribution >= 4 is 0 Å². The van der Waals surface area contributed by atoms with Crippen LogP contribution in [0.2, 0.25) is 0 Å². The highest BCUT2D eigenvalue weighted by Crippen LogP contribution is 2.36. The van der Waals surface area contributed by atoms with Crippen molar-refractivity contribution in [2.45, 2.75) is 32.2 Å². The van der Waals surface area contributed by atoms with Crippen LogP contribution in [0.5, 0.6) is 0 Å². The standard InChI is InChI=1S/C15H17F3N2/c1-15(2,3)20-7-10(6-19)11(8-20)9-4-12(16)14(18)13(17)5-9/h4-5,10-11H,7-8H2,1-3H3/t10-,11+/m0/s1. The van der Waals surface area contributed by atoms with Gasteiger partial charge < -0.3 is 0 Å². The lowest BCUT2D eigenvalue weighted by molar-refractivity contribution is 0.170. The van der Waals surface area contributed by atoms with Gasteiger partial charge in [0, 0.05) is 24.5 Å². The van der Waals surface area contributed by atoms with E-state index in [0.29, 0.717) is 18.7 Å². The minimum atomic E-state index is -1.46. The van der Waals surface area contributed by atoms with Gasteiger partial charge in [-0.05, 0) is 38.5 Å². The van der Waals surface area contributed by atoms with Crippen molar-refractivity contribution in [1.29, 1.82) is 5.26 Å². The zero-order valence-corrected chi connectivity index (χ0v) is 11.8. The topological polar surface area (TPSA) is 27.0 Å². The molecule has 5 heteroatoms. The summed E-state index contributed by atoms with van der Waals surface area (Å²) in [5.41, 5.74) is 0.223. The lowest BCUT2D eigenvalue weighted by atomic mass is 9.90. The molecule has 0 radical (unpaired) electrons. The quantitative estimate of drug-likeness (QED) is 0.738. The van der Waals surface area contributed by atoms with Gasteiger partial charge in [-0.15, -0.1) is 0 Å². The summed E-state index contributed by atoms with van der Waals surface area (Å²) in [6.45, 7) is 7.15. The van der Waals surface area contributed by atoms with Crippen LogP contribution in [-0.4, -0.2) is 23.5 Å². The summed E-state index contributed by atoms with van der Waals surface area (Å²) in [6, 6.07) is 4.19. The predicted molar refractivity (Wildman–Crippen MR) is 69.5 cm³/mol. The minimum Gasteiger partial charge on any atom is -0.297 e. The largest absolute Gasteiger partial charge is 0.297 e. The Bertz CT molecular complexity index is 534. The van der Waals surface area contributed by atoms with Gasteiger partial charge in [-0.1, -0.05) is 0 Å². The van der Waals surface area contributed by atoms with Crippen LogP contribution in [0.4, 0.5) is 13.2 Å². The average molecular weight is 282 g/mol. The van der Waals surface area contributed by atoms with Gasteiger partial charge in [-0.25, -0.2) is 13.2 Å². The lowest BCUT2D eigenvalue weighted by Gasteiger charge is -2.31. The molecule has 0 amide bonds. The first-order valence-corrected chi connectivity index (χ1v) is 6.53. The summed E-state index contributed by atoms with van der Waals surface area (Å²) < 4.78 is 39.7. The van der Waals surface area contributed by atoms with E-state index in [1.54, 1.807) is 0 Å². The Morgan fingerprint density at radius 3 is 2.15 bits per heavy atom. The molecule has 1 aromatic carbocycles. The molecule has 1 aliphatic rings. The van der Waals surface area contributed by atoms with E-state index < -0.39 is 17.5 Å². The first-order valence-electron chi connectivity index (χ1n) is 6.53. The van der Waals surface area contributed by atoms with Crippen molar-refractivity contribution in [1.82, 2.24) is 4.90 Å². The van der Waals surface area contributed by atoms with Crippen LogP contribution in [0.15, 0.2) is 12.1 Å². The second-order valence-electron chi connectivity index (χ2n) is 6.22. The summed E-state index contributed by atoms with van der Waals surface area (Å²) in [7, 11) is 0. The molecule has 1 aliphatic heterocycles. The number of benzene rings is 1. The van der Waals surface area contributed by atoms with Gasteiger partial charge in [0.1, 0.15) is 0 Å². The van der Waals surface area contributed by atoms with Crippen molar-refractivity contribution in [3.8, 4) is 6.07 Å². The van der Waals surface area contributed by atoms with Gasteiger partial charge in [0.15, 0.2) is 17.5 Å². The lowest BCUT2D eigenvalue weighted by Crippen LogP contribution is -2.39. The van der Waals surface area contributed by atoms with Crippen LogP contribution in [0.25, 0.3) is 0 Å². The summed E-state index contributed by atoms with van der Waals surface area (Å²) >= 11 is 0. The molecular weight excluding hydrogens is 265 g/mol. The molecule has 0 unspecified atom stereocenters. The molecule has 0 saturated carbocycles. The second-order valence-corrected chi connectivity index (χ2v) is 6.22. The summed E-state index contributed by atoms with van der Waals surface area (Å²) in [5.74, 6) is -4.52. The molecule has 1 aromatic rings. The van der Waals surface area contributed by atoms with Crippen LogP contribution >= 0.6 is 0 Å². The molecule has 0 aliphatic carbocycles. The van der Waals surface area contributed by atoms with Gasteiger partial charge in [-0.2, -0.15) is 5.26 Å². The van der Waals surface area contributed by atoms with E-state index in [1.165, 1.54) is 0 Å². The Morgan fingerprint density at radius 2 is 1.70 bits per heavy atom. The van der Waals surface area contributed by atoms with Crippen molar-refractivity contribution in [2.24, 2.45) is 5.92 Å². The normalized spacial score (nSPS) is 23.9.